The molecule has 1 rings (SSSR count). The fourth-order valence-electron chi connectivity index (χ4n) is 1.70. The van der Waals surface area contributed by atoms with Crippen LogP contribution in [0.1, 0.15) is 32.1 Å². The molecule has 1 aromatic heterocycles. The zero-order valence-corrected chi connectivity index (χ0v) is 10.7. The van der Waals surface area contributed by atoms with E-state index in [1.54, 1.807) is 11.3 Å². The summed E-state index contributed by atoms with van der Waals surface area (Å²) in [5, 5.41) is 11.9. The number of thiophene rings is 1. The summed E-state index contributed by atoms with van der Waals surface area (Å²) in [6.07, 6.45) is 1.13. The van der Waals surface area contributed by atoms with Crippen molar-refractivity contribution in [1.29, 1.82) is 0 Å². The minimum Gasteiger partial charge on any atom is -0.389 e. The molecule has 0 aliphatic heterocycles. The highest BCUT2D eigenvalue weighted by Crippen LogP contribution is 2.14. The molecule has 0 spiro atoms. The Morgan fingerprint density at radius 1 is 1.47 bits per heavy atom. The number of aliphatic hydroxyl groups is 1. The van der Waals surface area contributed by atoms with Crippen molar-refractivity contribution < 1.29 is 5.11 Å². The van der Waals surface area contributed by atoms with Gasteiger partial charge in [0, 0.05) is 18.0 Å². The topological polar surface area (TPSA) is 23.5 Å². The first-order valence-corrected chi connectivity index (χ1v) is 6.36. The molecule has 0 aliphatic rings. The summed E-state index contributed by atoms with van der Waals surface area (Å²) < 4.78 is 0. The molecule has 0 aromatic carbocycles. The van der Waals surface area contributed by atoms with E-state index in [1.807, 2.05) is 13.8 Å². The van der Waals surface area contributed by atoms with Crippen molar-refractivity contribution in [3.8, 4) is 0 Å². The molecule has 3 heteroatoms. The second-order valence-electron chi connectivity index (χ2n) is 4.60. The largest absolute Gasteiger partial charge is 0.389 e. The van der Waals surface area contributed by atoms with Crippen molar-refractivity contribution in [1.82, 2.24) is 4.90 Å². The van der Waals surface area contributed by atoms with Crippen LogP contribution in [0.3, 0.4) is 0 Å². The molecule has 0 bridgehead atoms. The predicted octanol–water partition coefficient (Wildman–Crippen LogP) is 2.73. The average Bonchev–Trinajstić information content (AvgIpc) is 2.54. The molecule has 0 amide bonds. The lowest BCUT2D eigenvalue weighted by atomic mass is 10.1. The van der Waals surface area contributed by atoms with E-state index < -0.39 is 5.60 Å². The Kier molecular flexibility index (Phi) is 4.77. The van der Waals surface area contributed by atoms with E-state index in [9.17, 15) is 5.11 Å². The molecule has 15 heavy (non-hydrogen) atoms. The summed E-state index contributed by atoms with van der Waals surface area (Å²) in [5.74, 6) is 0. The molecule has 86 valence electrons. The molecule has 0 radical (unpaired) electrons. The van der Waals surface area contributed by atoms with Gasteiger partial charge in [0.25, 0.3) is 0 Å². The number of hydrogen-bond donors (Lipinski definition) is 1. The van der Waals surface area contributed by atoms with E-state index in [0.29, 0.717) is 0 Å². The van der Waals surface area contributed by atoms with Gasteiger partial charge in [-0.25, -0.2) is 0 Å². The van der Waals surface area contributed by atoms with E-state index in [2.05, 4.69) is 29.3 Å². The van der Waals surface area contributed by atoms with Crippen LogP contribution >= 0.6 is 11.3 Å². The highest BCUT2D eigenvalue weighted by molar-refractivity contribution is 7.09. The molecule has 2 nitrogen and oxygen atoms in total. The predicted molar refractivity (Wildman–Crippen MR) is 66.2 cm³/mol. The minimum absolute atomic E-state index is 0.605. The molecular weight excluding hydrogens is 206 g/mol. The lowest BCUT2D eigenvalue weighted by Crippen LogP contribution is -2.38. The van der Waals surface area contributed by atoms with Crippen molar-refractivity contribution in [2.24, 2.45) is 0 Å². The zero-order valence-electron chi connectivity index (χ0n) is 9.86. The Bertz CT molecular complexity index is 264. The third-order valence-electron chi connectivity index (χ3n) is 2.11. The van der Waals surface area contributed by atoms with E-state index in [1.165, 1.54) is 4.88 Å². The summed E-state index contributed by atoms with van der Waals surface area (Å²) in [5.41, 5.74) is -0.605. The van der Waals surface area contributed by atoms with Crippen LogP contribution in [-0.2, 0) is 6.54 Å². The maximum Gasteiger partial charge on any atom is 0.0718 e. The maximum atomic E-state index is 9.81. The van der Waals surface area contributed by atoms with Gasteiger partial charge in [0.15, 0.2) is 0 Å². The van der Waals surface area contributed by atoms with E-state index in [4.69, 9.17) is 0 Å². The van der Waals surface area contributed by atoms with Crippen molar-refractivity contribution in [3.05, 3.63) is 22.4 Å². The Balaban J connectivity index is 2.51. The molecule has 0 aliphatic carbocycles. The van der Waals surface area contributed by atoms with Crippen LogP contribution in [0, 0.1) is 0 Å². The molecule has 1 N–H and O–H groups in total. The number of rotatable bonds is 6. The monoisotopic (exact) mass is 227 g/mol. The second-order valence-corrected chi connectivity index (χ2v) is 5.63. The van der Waals surface area contributed by atoms with Gasteiger partial charge < -0.3 is 5.11 Å². The van der Waals surface area contributed by atoms with Crippen molar-refractivity contribution in [2.75, 3.05) is 13.1 Å². The standard InChI is InChI=1S/C12H21NOS/c1-4-7-13(10-12(2,3)14)9-11-6-5-8-15-11/h5-6,8,14H,4,7,9-10H2,1-3H3. The van der Waals surface area contributed by atoms with Crippen LogP contribution in [0.25, 0.3) is 0 Å². The molecule has 0 saturated carbocycles. The van der Waals surface area contributed by atoms with Gasteiger partial charge in [-0.3, -0.25) is 4.90 Å². The summed E-state index contributed by atoms with van der Waals surface area (Å²) in [4.78, 5) is 3.68. The van der Waals surface area contributed by atoms with Crippen LogP contribution in [-0.4, -0.2) is 28.7 Å². The average molecular weight is 227 g/mol. The lowest BCUT2D eigenvalue weighted by Gasteiger charge is -2.28. The van der Waals surface area contributed by atoms with Gasteiger partial charge in [0.1, 0.15) is 0 Å². The maximum absolute atomic E-state index is 9.81. The molecule has 0 fully saturated rings. The van der Waals surface area contributed by atoms with Gasteiger partial charge in [-0.15, -0.1) is 11.3 Å². The van der Waals surface area contributed by atoms with Gasteiger partial charge >= 0.3 is 0 Å². The quantitative estimate of drug-likeness (QED) is 0.808. The fraction of sp³-hybridized carbons (Fsp3) is 0.667. The van der Waals surface area contributed by atoms with Crippen molar-refractivity contribution in [3.63, 3.8) is 0 Å². The summed E-state index contributed by atoms with van der Waals surface area (Å²) in [6, 6.07) is 4.23. The van der Waals surface area contributed by atoms with Gasteiger partial charge in [-0.05, 0) is 38.3 Å². The van der Waals surface area contributed by atoms with Gasteiger partial charge in [-0.2, -0.15) is 0 Å². The minimum atomic E-state index is -0.605. The molecule has 1 heterocycles. The first-order valence-electron chi connectivity index (χ1n) is 5.48. The Labute approximate surface area is 96.5 Å². The van der Waals surface area contributed by atoms with E-state index in [0.717, 1.165) is 26.1 Å². The fourth-order valence-corrected chi connectivity index (χ4v) is 2.45. The normalized spacial score (nSPS) is 12.3. The Morgan fingerprint density at radius 3 is 2.67 bits per heavy atom. The van der Waals surface area contributed by atoms with Gasteiger partial charge in [0.05, 0.1) is 5.60 Å². The zero-order chi connectivity index (χ0) is 11.3. The molecule has 0 saturated heterocycles. The Morgan fingerprint density at radius 2 is 2.20 bits per heavy atom. The van der Waals surface area contributed by atoms with Crippen LogP contribution < -0.4 is 0 Å². The second kappa shape index (κ2) is 5.64. The van der Waals surface area contributed by atoms with E-state index in [-0.39, 0.29) is 0 Å². The van der Waals surface area contributed by atoms with Crippen molar-refractivity contribution >= 4 is 11.3 Å². The highest BCUT2D eigenvalue weighted by atomic mass is 32.1. The van der Waals surface area contributed by atoms with Gasteiger partial charge in [-0.1, -0.05) is 13.0 Å². The number of hydrogen-bond acceptors (Lipinski definition) is 3. The summed E-state index contributed by atoms with van der Waals surface area (Å²) in [7, 11) is 0. The third-order valence-corrected chi connectivity index (χ3v) is 2.97. The molecule has 1 aromatic rings. The third kappa shape index (κ3) is 5.30. The van der Waals surface area contributed by atoms with Gasteiger partial charge in [0.2, 0.25) is 0 Å². The first-order chi connectivity index (χ1) is 7.01. The first kappa shape index (κ1) is 12.7. The van der Waals surface area contributed by atoms with Crippen LogP contribution in [0.4, 0.5) is 0 Å². The van der Waals surface area contributed by atoms with Crippen molar-refractivity contribution in [2.45, 2.75) is 39.3 Å². The highest BCUT2D eigenvalue weighted by Gasteiger charge is 2.17. The van der Waals surface area contributed by atoms with Crippen LogP contribution in [0.5, 0.6) is 0 Å². The van der Waals surface area contributed by atoms with Crippen LogP contribution in [0.2, 0.25) is 0 Å². The SMILES string of the molecule is CCCN(Cc1cccs1)CC(C)(C)O. The molecule has 0 unspecified atom stereocenters. The van der Waals surface area contributed by atoms with E-state index >= 15 is 0 Å². The van der Waals surface area contributed by atoms with Crippen LogP contribution in [0.15, 0.2) is 17.5 Å². The summed E-state index contributed by atoms with van der Waals surface area (Å²) in [6.45, 7) is 8.64. The lowest BCUT2D eigenvalue weighted by molar-refractivity contribution is 0.0338. The summed E-state index contributed by atoms with van der Waals surface area (Å²) >= 11 is 1.78. The number of nitrogens with zero attached hydrogens (tertiary/aromatic N) is 1. The molecular formula is C12H21NOS. The molecule has 0 atom stereocenters. The smallest absolute Gasteiger partial charge is 0.0718 e. The Hall–Kier alpha value is -0.380.